The highest BCUT2D eigenvalue weighted by molar-refractivity contribution is 7.09. The highest BCUT2D eigenvalue weighted by Crippen LogP contribution is 2.20. The molecular weight excluding hydrogens is 332 g/mol. The molecule has 2 aromatic rings. The van der Waals surface area contributed by atoms with Crippen molar-refractivity contribution >= 4 is 28.8 Å². The maximum atomic E-state index is 12.4. The van der Waals surface area contributed by atoms with Crippen molar-refractivity contribution in [2.24, 2.45) is 0 Å². The minimum atomic E-state index is 0.0262. The van der Waals surface area contributed by atoms with Gasteiger partial charge < -0.3 is 10.2 Å². The smallest absolute Gasteiger partial charge is 0.253 e. The molecule has 1 fully saturated rings. The first-order valence-corrected chi connectivity index (χ1v) is 9.73. The zero-order chi connectivity index (χ0) is 17.6. The Morgan fingerprint density at radius 1 is 1.20 bits per heavy atom. The van der Waals surface area contributed by atoms with Crippen molar-refractivity contribution in [3.05, 3.63) is 51.7 Å². The molecule has 4 nitrogen and oxygen atoms in total. The van der Waals surface area contributed by atoms with E-state index in [0.29, 0.717) is 12.0 Å². The van der Waals surface area contributed by atoms with Gasteiger partial charge in [0, 0.05) is 35.6 Å². The number of nitrogens with zero attached hydrogens (tertiary/aromatic N) is 1. The second-order valence-electron chi connectivity index (χ2n) is 6.51. The second-order valence-corrected chi connectivity index (χ2v) is 7.54. The van der Waals surface area contributed by atoms with E-state index < -0.39 is 0 Å². The van der Waals surface area contributed by atoms with Crippen LogP contribution in [0, 0.1) is 6.92 Å². The van der Waals surface area contributed by atoms with E-state index in [9.17, 15) is 9.59 Å². The van der Waals surface area contributed by atoms with E-state index in [-0.39, 0.29) is 11.8 Å². The average molecular weight is 356 g/mol. The Balaban J connectivity index is 1.53. The van der Waals surface area contributed by atoms with E-state index in [4.69, 9.17) is 0 Å². The number of hydrogen-bond donors (Lipinski definition) is 1. The van der Waals surface area contributed by atoms with Gasteiger partial charge >= 0.3 is 0 Å². The maximum Gasteiger partial charge on any atom is 0.253 e. The lowest BCUT2D eigenvalue weighted by Gasteiger charge is -2.16. The fourth-order valence-corrected chi connectivity index (χ4v) is 3.88. The second kappa shape index (κ2) is 8.30. The number of amides is 2. The van der Waals surface area contributed by atoms with E-state index in [1.165, 1.54) is 4.88 Å². The summed E-state index contributed by atoms with van der Waals surface area (Å²) in [4.78, 5) is 27.8. The Morgan fingerprint density at radius 3 is 2.68 bits per heavy atom. The number of anilines is 1. The molecule has 1 saturated heterocycles. The minimum absolute atomic E-state index is 0.0262. The predicted molar refractivity (Wildman–Crippen MR) is 102 cm³/mol. The molecule has 132 valence electrons. The third kappa shape index (κ3) is 4.69. The van der Waals surface area contributed by atoms with Crippen LogP contribution in [0.2, 0.25) is 0 Å². The molecule has 3 rings (SSSR count). The number of thiophene rings is 1. The van der Waals surface area contributed by atoms with E-state index in [1.807, 2.05) is 36.1 Å². The molecule has 0 aliphatic carbocycles. The van der Waals surface area contributed by atoms with Gasteiger partial charge in [-0.2, -0.15) is 0 Å². The first-order chi connectivity index (χ1) is 12.1. The van der Waals surface area contributed by atoms with Gasteiger partial charge in [-0.1, -0.05) is 6.07 Å². The molecule has 5 heteroatoms. The molecule has 0 saturated carbocycles. The molecule has 0 radical (unpaired) electrons. The van der Waals surface area contributed by atoms with Crippen molar-refractivity contribution in [1.29, 1.82) is 0 Å². The lowest BCUT2D eigenvalue weighted by Crippen LogP contribution is -2.27. The quantitative estimate of drug-likeness (QED) is 0.841. The van der Waals surface area contributed by atoms with Gasteiger partial charge in [-0.3, -0.25) is 9.59 Å². The molecule has 0 atom stereocenters. The summed E-state index contributed by atoms with van der Waals surface area (Å²) < 4.78 is 0. The van der Waals surface area contributed by atoms with Crippen molar-refractivity contribution in [2.75, 3.05) is 18.4 Å². The lowest BCUT2D eigenvalue weighted by molar-refractivity contribution is -0.116. The summed E-state index contributed by atoms with van der Waals surface area (Å²) in [6, 6.07) is 9.67. The Bertz CT molecular complexity index is 734. The van der Waals surface area contributed by atoms with Crippen LogP contribution in [0.4, 0.5) is 5.69 Å². The van der Waals surface area contributed by atoms with E-state index in [0.717, 1.165) is 50.0 Å². The van der Waals surface area contributed by atoms with E-state index in [1.54, 1.807) is 11.3 Å². The SMILES string of the molecule is Cc1cc(C(=O)N2CCCC2)ccc1NC(=O)CCCc1cccs1. The summed E-state index contributed by atoms with van der Waals surface area (Å²) in [5, 5.41) is 5.02. The van der Waals surface area contributed by atoms with Gasteiger partial charge in [-0.25, -0.2) is 0 Å². The van der Waals surface area contributed by atoms with Crippen molar-refractivity contribution in [1.82, 2.24) is 4.90 Å². The molecular formula is C20H24N2O2S. The van der Waals surface area contributed by atoms with Crippen LogP contribution in [0.1, 0.15) is 46.5 Å². The van der Waals surface area contributed by atoms with Gasteiger partial charge in [0.05, 0.1) is 0 Å². The fourth-order valence-electron chi connectivity index (χ4n) is 3.13. The summed E-state index contributed by atoms with van der Waals surface area (Å²) in [6.07, 6.45) is 4.46. The lowest BCUT2D eigenvalue weighted by atomic mass is 10.1. The highest BCUT2D eigenvalue weighted by atomic mass is 32.1. The van der Waals surface area contributed by atoms with Gasteiger partial charge in [0.15, 0.2) is 0 Å². The van der Waals surface area contributed by atoms with E-state index >= 15 is 0 Å². The molecule has 2 amide bonds. The number of nitrogens with one attached hydrogen (secondary N) is 1. The Kier molecular flexibility index (Phi) is 5.87. The summed E-state index contributed by atoms with van der Waals surface area (Å²) >= 11 is 1.73. The zero-order valence-electron chi connectivity index (χ0n) is 14.6. The monoisotopic (exact) mass is 356 g/mol. The molecule has 0 spiro atoms. The fraction of sp³-hybridized carbons (Fsp3) is 0.400. The van der Waals surface area contributed by atoms with Crippen LogP contribution in [0.5, 0.6) is 0 Å². The summed E-state index contributed by atoms with van der Waals surface area (Å²) in [7, 11) is 0. The Labute approximate surface area is 152 Å². The van der Waals surface area contributed by atoms with Crippen LogP contribution in [0.25, 0.3) is 0 Å². The molecule has 0 unspecified atom stereocenters. The predicted octanol–water partition coefficient (Wildman–Crippen LogP) is 4.25. The van der Waals surface area contributed by atoms with Gasteiger partial charge in [0.25, 0.3) is 5.91 Å². The van der Waals surface area contributed by atoms with Gasteiger partial charge in [-0.05, 0) is 67.8 Å². The van der Waals surface area contributed by atoms with Crippen LogP contribution in [-0.2, 0) is 11.2 Å². The van der Waals surface area contributed by atoms with Gasteiger partial charge in [-0.15, -0.1) is 11.3 Å². The summed E-state index contributed by atoms with van der Waals surface area (Å²) in [5.74, 6) is 0.118. The third-order valence-corrected chi connectivity index (χ3v) is 5.48. The third-order valence-electron chi connectivity index (χ3n) is 4.55. The number of hydrogen-bond acceptors (Lipinski definition) is 3. The molecule has 25 heavy (non-hydrogen) atoms. The number of aryl methyl sites for hydroxylation is 2. The maximum absolute atomic E-state index is 12.4. The normalized spacial score (nSPS) is 13.9. The van der Waals surface area contributed by atoms with Crippen LogP contribution in [0.15, 0.2) is 35.7 Å². The topological polar surface area (TPSA) is 49.4 Å². The highest BCUT2D eigenvalue weighted by Gasteiger charge is 2.20. The average Bonchev–Trinajstić information content (AvgIpc) is 3.29. The number of carbonyl (C=O) groups excluding carboxylic acids is 2. The van der Waals surface area contributed by atoms with Gasteiger partial charge in [0.2, 0.25) is 5.91 Å². The van der Waals surface area contributed by atoms with Crippen LogP contribution in [-0.4, -0.2) is 29.8 Å². The summed E-state index contributed by atoms with van der Waals surface area (Å²) in [6.45, 7) is 3.63. The number of likely N-dealkylation sites (tertiary alicyclic amines) is 1. The molecule has 1 aliphatic heterocycles. The minimum Gasteiger partial charge on any atom is -0.339 e. The van der Waals surface area contributed by atoms with Crippen LogP contribution < -0.4 is 5.32 Å². The summed E-state index contributed by atoms with van der Waals surface area (Å²) in [5.41, 5.74) is 2.42. The Hall–Kier alpha value is -2.14. The van der Waals surface area contributed by atoms with Gasteiger partial charge in [0.1, 0.15) is 0 Å². The van der Waals surface area contributed by atoms with Crippen molar-refractivity contribution < 1.29 is 9.59 Å². The molecule has 2 heterocycles. The molecule has 1 aromatic carbocycles. The van der Waals surface area contributed by atoms with E-state index in [2.05, 4.69) is 16.8 Å². The van der Waals surface area contributed by atoms with Crippen LogP contribution in [0.3, 0.4) is 0 Å². The van der Waals surface area contributed by atoms with Crippen molar-refractivity contribution in [3.8, 4) is 0 Å². The first-order valence-electron chi connectivity index (χ1n) is 8.85. The molecule has 0 bridgehead atoms. The Morgan fingerprint density at radius 2 is 2.00 bits per heavy atom. The number of carbonyl (C=O) groups is 2. The number of benzene rings is 1. The standard InChI is InChI=1S/C20H24N2O2S/c1-15-14-16(20(24)22-11-2-3-12-22)9-10-18(15)21-19(23)8-4-6-17-7-5-13-25-17/h5,7,9-10,13-14H,2-4,6,8,11-12H2,1H3,(H,21,23). The number of rotatable bonds is 6. The van der Waals surface area contributed by atoms with Crippen molar-refractivity contribution in [2.45, 2.75) is 39.0 Å². The first kappa shape index (κ1) is 17.7. The largest absolute Gasteiger partial charge is 0.339 e. The molecule has 1 aromatic heterocycles. The van der Waals surface area contributed by atoms with Crippen LogP contribution >= 0.6 is 11.3 Å². The molecule has 1 N–H and O–H groups in total. The van der Waals surface area contributed by atoms with Crippen molar-refractivity contribution in [3.63, 3.8) is 0 Å². The molecule has 1 aliphatic rings. The zero-order valence-corrected chi connectivity index (χ0v) is 15.4.